The minimum Gasteiger partial charge on any atom is -0.478 e. The zero-order valence-corrected chi connectivity index (χ0v) is 10.9. The Morgan fingerprint density at radius 3 is 2.00 bits per heavy atom. The van der Waals surface area contributed by atoms with E-state index in [-0.39, 0.29) is 17.8 Å². The van der Waals surface area contributed by atoms with E-state index in [4.69, 9.17) is 5.11 Å². The largest absolute Gasteiger partial charge is 0.478 e. The number of carbonyl (C=O) groups is 2. The van der Waals surface area contributed by atoms with Gasteiger partial charge in [-0.2, -0.15) is 0 Å². The molecule has 0 spiro atoms. The summed E-state index contributed by atoms with van der Waals surface area (Å²) < 4.78 is 0. The molecule has 20 heavy (non-hydrogen) atoms. The molecule has 3 heteroatoms. The third-order valence-electron chi connectivity index (χ3n) is 2.99. The Morgan fingerprint density at radius 1 is 0.900 bits per heavy atom. The zero-order chi connectivity index (χ0) is 14.5. The molecule has 0 fully saturated rings. The highest BCUT2D eigenvalue weighted by Gasteiger charge is 2.12. The van der Waals surface area contributed by atoms with Crippen molar-refractivity contribution in [1.29, 1.82) is 0 Å². The van der Waals surface area contributed by atoms with Crippen LogP contribution in [0.4, 0.5) is 0 Å². The summed E-state index contributed by atoms with van der Waals surface area (Å²) in [5.74, 6) is -1.38. The summed E-state index contributed by atoms with van der Waals surface area (Å²) in [7, 11) is 0. The lowest BCUT2D eigenvalue weighted by molar-refractivity contribution is -0.132. The Kier molecular flexibility index (Phi) is 4.11. The maximum Gasteiger partial charge on any atom is 0.331 e. The lowest BCUT2D eigenvalue weighted by Crippen LogP contribution is -2.06. The van der Waals surface area contributed by atoms with Gasteiger partial charge in [0.05, 0.1) is 0 Å². The van der Waals surface area contributed by atoms with Gasteiger partial charge in [0.2, 0.25) is 0 Å². The lowest BCUT2D eigenvalue weighted by Gasteiger charge is -2.04. The van der Waals surface area contributed by atoms with Crippen molar-refractivity contribution < 1.29 is 14.7 Å². The summed E-state index contributed by atoms with van der Waals surface area (Å²) >= 11 is 0. The first-order valence-electron chi connectivity index (χ1n) is 6.17. The van der Waals surface area contributed by atoms with Crippen molar-refractivity contribution >= 4 is 11.8 Å². The van der Waals surface area contributed by atoms with Crippen molar-refractivity contribution in [3.8, 4) is 11.1 Å². The standard InChI is InChI=1S/C17H14O3/c1-12(17(19)20)11-16(18)15-9-7-14(8-10-15)13-5-3-2-4-6-13/h2-10H,1,11H2,(H,19,20). The highest BCUT2D eigenvalue weighted by Crippen LogP contribution is 2.20. The van der Waals surface area contributed by atoms with E-state index in [9.17, 15) is 9.59 Å². The molecule has 2 rings (SSSR count). The van der Waals surface area contributed by atoms with Crippen molar-refractivity contribution in [3.05, 3.63) is 72.3 Å². The minimum atomic E-state index is -1.14. The average molecular weight is 266 g/mol. The van der Waals surface area contributed by atoms with Gasteiger partial charge in [-0.3, -0.25) is 4.79 Å². The Labute approximate surface area is 117 Å². The van der Waals surface area contributed by atoms with Gasteiger partial charge in [0.15, 0.2) is 5.78 Å². The van der Waals surface area contributed by atoms with Crippen LogP contribution in [0.25, 0.3) is 11.1 Å². The van der Waals surface area contributed by atoms with Crippen LogP contribution in [-0.2, 0) is 4.79 Å². The smallest absolute Gasteiger partial charge is 0.331 e. The Bertz CT molecular complexity index is 640. The molecule has 100 valence electrons. The summed E-state index contributed by atoms with van der Waals surface area (Å²) in [6, 6.07) is 16.9. The predicted molar refractivity (Wildman–Crippen MR) is 77.6 cm³/mol. The van der Waals surface area contributed by atoms with Crippen LogP contribution in [0.2, 0.25) is 0 Å². The number of carboxylic acid groups (broad SMARTS) is 1. The van der Waals surface area contributed by atoms with Crippen LogP contribution in [0.3, 0.4) is 0 Å². The van der Waals surface area contributed by atoms with E-state index in [1.807, 2.05) is 42.5 Å². The summed E-state index contributed by atoms with van der Waals surface area (Å²) in [4.78, 5) is 22.5. The number of hydrogen-bond acceptors (Lipinski definition) is 2. The summed E-state index contributed by atoms with van der Waals surface area (Å²) in [5.41, 5.74) is 2.48. The van der Waals surface area contributed by atoms with Gasteiger partial charge in [-0.15, -0.1) is 0 Å². The van der Waals surface area contributed by atoms with Crippen molar-refractivity contribution in [2.75, 3.05) is 0 Å². The third-order valence-corrected chi connectivity index (χ3v) is 2.99. The maximum absolute atomic E-state index is 11.9. The van der Waals surface area contributed by atoms with Gasteiger partial charge in [-0.1, -0.05) is 61.2 Å². The van der Waals surface area contributed by atoms with Gasteiger partial charge in [-0.05, 0) is 11.1 Å². The van der Waals surface area contributed by atoms with E-state index in [2.05, 4.69) is 6.58 Å². The van der Waals surface area contributed by atoms with E-state index >= 15 is 0 Å². The Hall–Kier alpha value is -2.68. The van der Waals surface area contributed by atoms with Crippen molar-refractivity contribution in [1.82, 2.24) is 0 Å². The molecule has 3 nitrogen and oxygen atoms in total. The quantitative estimate of drug-likeness (QED) is 0.665. The fourth-order valence-electron chi connectivity index (χ4n) is 1.85. The van der Waals surface area contributed by atoms with Crippen LogP contribution in [0.5, 0.6) is 0 Å². The first-order valence-corrected chi connectivity index (χ1v) is 6.17. The van der Waals surface area contributed by atoms with E-state index in [1.165, 1.54) is 0 Å². The van der Waals surface area contributed by atoms with Gasteiger partial charge >= 0.3 is 5.97 Å². The van der Waals surface area contributed by atoms with E-state index < -0.39 is 5.97 Å². The molecule has 0 atom stereocenters. The van der Waals surface area contributed by atoms with E-state index in [0.29, 0.717) is 5.56 Å². The van der Waals surface area contributed by atoms with Crippen LogP contribution in [0, 0.1) is 0 Å². The Morgan fingerprint density at radius 2 is 1.45 bits per heavy atom. The van der Waals surface area contributed by atoms with E-state index in [1.54, 1.807) is 12.1 Å². The third kappa shape index (κ3) is 3.20. The molecule has 0 saturated heterocycles. The molecule has 0 aliphatic carbocycles. The van der Waals surface area contributed by atoms with Gasteiger partial charge in [0, 0.05) is 17.6 Å². The zero-order valence-electron chi connectivity index (χ0n) is 10.9. The fraction of sp³-hybridized carbons (Fsp3) is 0.0588. The number of benzene rings is 2. The fourth-order valence-corrected chi connectivity index (χ4v) is 1.85. The number of carbonyl (C=O) groups excluding carboxylic acids is 1. The molecule has 0 aromatic heterocycles. The number of rotatable bonds is 5. The lowest BCUT2D eigenvalue weighted by atomic mass is 10.00. The number of ketones is 1. The Balaban J connectivity index is 2.14. The molecular weight excluding hydrogens is 252 g/mol. The minimum absolute atomic E-state index is 0.0952. The second-order valence-electron chi connectivity index (χ2n) is 4.45. The first-order chi connectivity index (χ1) is 9.58. The molecule has 0 bridgehead atoms. The molecule has 0 unspecified atom stereocenters. The molecule has 0 radical (unpaired) electrons. The van der Waals surface area contributed by atoms with Crippen LogP contribution in [0.15, 0.2) is 66.7 Å². The second-order valence-corrected chi connectivity index (χ2v) is 4.45. The number of carboxylic acids is 1. The molecule has 1 N–H and O–H groups in total. The molecule has 2 aromatic rings. The van der Waals surface area contributed by atoms with E-state index in [0.717, 1.165) is 11.1 Å². The maximum atomic E-state index is 11.9. The molecule has 2 aromatic carbocycles. The summed E-state index contributed by atoms with van der Waals surface area (Å²) in [6.45, 7) is 3.36. The van der Waals surface area contributed by atoms with Crippen LogP contribution in [-0.4, -0.2) is 16.9 Å². The van der Waals surface area contributed by atoms with Gasteiger partial charge in [-0.25, -0.2) is 4.79 Å². The molecule has 0 aliphatic rings. The SMILES string of the molecule is C=C(CC(=O)c1ccc(-c2ccccc2)cc1)C(=O)O. The topological polar surface area (TPSA) is 54.4 Å². The van der Waals surface area contributed by atoms with Gasteiger partial charge in [0.1, 0.15) is 0 Å². The van der Waals surface area contributed by atoms with Crippen molar-refractivity contribution in [2.45, 2.75) is 6.42 Å². The number of aliphatic carboxylic acids is 1. The monoisotopic (exact) mass is 266 g/mol. The summed E-state index contributed by atoms with van der Waals surface area (Å²) in [5, 5.41) is 8.72. The average Bonchev–Trinajstić information content (AvgIpc) is 2.48. The molecular formula is C17H14O3. The normalized spacial score (nSPS) is 10.0. The molecule has 0 aliphatic heterocycles. The predicted octanol–water partition coefficient (Wildman–Crippen LogP) is 3.57. The molecule has 0 amide bonds. The van der Waals surface area contributed by atoms with Crippen molar-refractivity contribution in [2.24, 2.45) is 0 Å². The van der Waals surface area contributed by atoms with Crippen LogP contribution < -0.4 is 0 Å². The summed E-state index contributed by atoms with van der Waals surface area (Å²) in [6.07, 6.45) is -0.167. The van der Waals surface area contributed by atoms with Crippen LogP contribution >= 0.6 is 0 Å². The van der Waals surface area contributed by atoms with Crippen molar-refractivity contribution in [3.63, 3.8) is 0 Å². The highest BCUT2D eigenvalue weighted by atomic mass is 16.4. The second kappa shape index (κ2) is 5.97. The van der Waals surface area contributed by atoms with Crippen LogP contribution in [0.1, 0.15) is 16.8 Å². The first kappa shape index (κ1) is 13.7. The van der Waals surface area contributed by atoms with Gasteiger partial charge in [0.25, 0.3) is 0 Å². The number of hydrogen-bond donors (Lipinski definition) is 1. The molecule has 0 heterocycles. The number of Topliss-reactive ketones (excluding diaryl/α,β-unsaturated/α-hetero) is 1. The highest BCUT2D eigenvalue weighted by molar-refractivity contribution is 6.02. The van der Waals surface area contributed by atoms with Gasteiger partial charge < -0.3 is 5.11 Å². The molecule has 0 saturated carbocycles.